The SMILES string of the molecule is CS(=O)c1cc(-c2cc3cc(F)c(F)cc3n2C2CC2)cnn1. The van der Waals surface area contributed by atoms with Crippen LogP contribution in [0.2, 0.25) is 0 Å². The van der Waals surface area contributed by atoms with Gasteiger partial charge in [-0.15, -0.1) is 5.10 Å². The largest absolute Gasteiger partial charge is 0.337 e. The van der Waals surface area contributed by atoms with Crippen LogP contribution in [-0.2, 0) is 10.8 Å². The summed E-state index contributed by atoms with van der Waals surface area (Å²) >= 11 is 0. The van der Waals surface area contributed by atoms with Gasteiger partial charge in [-0.3, -0.25) is 4.21 Å². The van der Waals surface area contributed by atoms with Crippen molar-refractivity contribution in [3.8, 4) is 11.3 Å². The Morgan fingerprint density at radius 2 is 1.91 bits per heavy atom. The van der Waals surface area contributed by atoms with Gasteiger partial charge in [-0.2, -0.15) is 5.10 Å². The van der Waals surface area contributed by atoms with Gasteiger partial charge in [0.15, 0.2) is 11.6 Å². The van der Waals surface area contributed by atoms with Gasteiger partial charge in [-0.1, -0.05) is 0 Å². The highest BCUT2D eigenvalue weighted by Gasteiger charge is 2.28. The number of aromatic nitrogens is 3. The van der Waals surface area contributed by atoms with Gasteiger partial charge in [-0.25, -0.2) is 8.78 Å². The molecule has 1 fully saturated rings. The summed E-state index contributed by atoms with van der Waals surface area (Å²) in [6.45, 7) is 0. The normalized spacial score (nSPS) is 16.0. The third kappa shape index (κ3) is 2.45. The van der Waals surface area contributed by atoms with Crippen molar-refractivity contribution in [2.45, 2.75) is 23.9 Å². The van der Waals surface area contributed by atoms with Crippen LogP contribution >= 0.6 is 0 Å². The van der Waals surface area contributed by atoms with Crippen molar-refractivity contribution in [3.63, 3.8) is 0 Å². The second kappa shape index (κ2) is 5.19. The van der Waals surface area contributed by atoms with Crippen molar-refractivity contribution >= 4 is 21.7 Å². The van der Waals surface area contributed by atoms with Gasteiger partial charge in [0, 0.05) is 29.3 Å². The zero-order valence-corrected chi connectivity index (χ0v) is 13.1. The van der Waals surface area contributed by atoms with Crippen molar-refractivity contribution < 1.29 is 13.0 Å². The number of rotatable bonds is 3. The van der Waals surface area contributed by atoms with Crippen LogP contribution in [0.3, 0.4) is 0 Å². The molecule has 0 saturated heterocycles. The van der Waals surface area contributed by atoms with Gasteiger partial charge in [0.25, 0.3) is 0 Å². The van der Waals surface area contributed by atoms with Crippen LogP contribution in [0.5, 0.6) is 0 Å². The Balaban J connectivity index is 1.98. The summed E-state index contributed by atoms with van der Waals surface area (Å²) in [4.78, 5) is 0. The van der Waals surface area contributed by atoms with E-state index in [9.17, 15) is 13.0 Å². The molecule has 1 unspecified atom stereocenters. The highest BCUT2D eigenvalue weighted by molar-refractivity contribution is 7.84. The lowest BCUT2D eigenvalue weighted by Crippen LogP contribution is -2.00. The van der Waals surface area contributed by atoms with Crippen LogP contribution < -0.4 is 0 Å². The molecule has 1 atom stereocenters. The molecule has 1 aliphatic carbocycles. The average Bonchev–Trinajstić information content (AvgIpc) is 3.30. The quantitative estimate of drug-likeness (QED) is 0.737. The fourth-order valence-electron chi connectivity index (χ4n) is 2.80. The molecule has 2 aromatic heterocycles. The summed E-state index contributed by atoms with van der Waals surface area (Å²) in [5.74, 6) is -1.72. The molecule has 118 valence electrons. The van der Waals surface area contributed by atoms with Crippen LogP contribution in [0, 0.1) is 11.6 Å². The summed E-state index contributed by atoms with van der Waals surface area (Å²) in [7, 11) is -1.24. The summed E-state index contributed by atoms with van der Waals surface area (Å²) in [6.07, 6.45) is 5.12. The molecule has 0 radical (unpaired) electrons. The molecule has 0 aliphatic heterocycles. The first-order chi connectivity index (χ1) is 11.0. The first-order valence-electron chi connectivity index (χ1n) is 7.21. The van der Waals surface area contributed by atoms with Crippen LogP contribution in [0.15, 0.2) is 35.5 Å². The Morgan fingerprint density at radius 1 is 1.17 bits per heavy atom. The van der Waals surface area contributed by atoms with Crippen molar-refractivity contribution in [1.82, 2.24) is 14.8 Å². The first-order valence-corrected chi connectivity index (χ1v) is 8.77. The van der Waals surface area contributed by atoms with Crippen LogP contribution in [0.4, 0.5) is 8.78 Å². The second-order valence-electron chi connectivity index (χ2n) is 5.69. The maximum atomic E-state index is 13.6. The number of hydrogen-bond acceptors (Lipinski definition) is 3. The molecule has 0 spiro atoms. The van der Waals surface area contributed by atoms with Gasteiger partial charge in [0.1, 0.15) is 5.03 Å². The summed E-state index contributed by atoms with van der Waals surface area (Å²) in [5.41, 5.74) is 2.22. The van der Waals surface area contributed by atoms with E-state index >= 15 is 0 Å². The first kappa shape index (κ1) is 14.4. The van der Waals surface area contributed by atoms with Crippen LogP contribution in [0.25, 0.3) is 22.2 Å². The van der Waals surface area contributed by atoms with E-state index in [0.29, 0.717) is 15.9 Å². The Morgan fingerprint density at radius 3 is 2.61 bits per heavy atom. The number of nitrogens with zero attached hydrogens (tertiary/aromatic N) is 3. The van der Waals surface area contributed by atoms with Crippen molar-refractivity contribution in [2.75, 3.05) is 6.26 Å². The Hall–Kier alpha value is -2.15. The Kier molecular flexibility index (Phi) is 3.26. The van der Waals surface area contributed by atoms with Crippen molar-refractivity contribution in [3.05, 3.63) is 42.1 Å². The van der Waals surface area contributed by atoms with Gasteiger partial charge in [0.05, 0.1) is 28.2 Å². The topological polar surface area (TPSA) is 47.8 Å². The molecule has 2 heterocycles. The minimum Gasteiger partial charge on any atom is -0.337 e. The van der Waals surface area contributed by atoms with E-state index in [4.69, 9.17) is 0 Å². The highest BCUT2D eigenvalue weighted by Crippen LogP contribution is 2.42. The third-order valence-corrected chi connectivity index (χ3v) is 4.80. The van der Waals surface area contributed by atoms with Gasteiger partial charge < -0.3 is 4.57 Å². The predicted octanol–water partition coefficient (Wildman–Crippen LogP) is 3.45. The zero-order valence-electron chi connectivity index (χ0n) is 12.3. The lowest BCUT2D eigenvalue weighted by molar-refractivity contribution is 0.510. The van der Waals surface area contributed by atoms with E-state index in [2.05, 4.69) is 10.2 Å². The molecule has 0 bridgehead atoms. The van der Waals surface area contributed by atoms with E-state index in [1.54, 1.807) is 12.3 Å². The zero-order chi connectivity index (χ0) is 16.1. The Labute approximate surface area is 133 Å². The van der Waals surface area contributed by atoms with Crippen molar-refractivity contribution in [1.29, 1.82) is 0 Å². The highest BCUT2D eigenvalue weighted by atomic mass is 32.2. The molecule has 1 saturated carbocycles. The molecule has 23 heavy (non-hydrogen) atoms. The molecule has 4 nitrogen and oxygen atoms in total. The standard InChI is InChI=1S/C16H13F2N3OS/c1-23(22)16-6-10(8-19-20-16)14-5-9-4-12(17)13(18)7-15(9)21(14)11-2-3-11/h4-8,11H,2-3H2,1H3. The summed E-state index contributed by atoms with van der Waals surface area (Å²) < 4.78 is 40.8. The minimum atomic E-state index is -1.24. The van der Waals surface area contributed by atoms with E-state index in [1.165, 1.54) is 18.4 Å². The van der Waals surface area contributed by atoms with E-state index < -0.39 is 22.4 Å². The monoisotopic (exact) mass is 333 g/mol. The van der Waals surface area contributed by atoms with E-state index in [-0.39, 0.29) is 6.04 Å². The van der Waals surface area contributed by atoms with Gasteiger partial charge in [0.2, 0.25) is 0 Å². The summed E-state index contributed by atoms with van der Waals surface area (Å²) in [5, 5.41) is 8.78. The molecule has 0 N–H and O–H groups in total. The molecule has 3 aromatic rings. The fraction of sp³-hybridized carbons (Fsp3) is 0.250. The molecule has 4 rings (SSSR count). The predicted molar refractivity (Wildman–Crippen MR) is 83.5 cm³/mol. The maximum Gasteiger partial charge on any atom is 0.160 e. The Bertz CT molecular complexity index is 950. The number of fused-ring (bicyclic) bond motifs is 1. The molecule has 1 aromatic carbocycles. The van der Waals surface area contributed by atoms with Crippen LogP contribution in [-0.4, -0.2) is 25.2 Å². The lowest BCUT2D eigenvalue weighted by atomic mass is 10.2. The van der Waals surface area contributed by atoms with Gasteiger partial charge in [-0.05, 0) is 31.0 Å². The van der Waals surface area contributed by atoms with Gasteiger partial charge >= 0.3 is 0 Å². The number of halogens is 2. The lowest BCUT2D eigenvalue weighted by Gasteiger charge is -2.10. The number of hydrogen-bond donors (Lipinski definition) is 0. The van der Waals surface area contributed by atoms with Crippen LogP contribution in [0.1, 0.15) is 18.9 Å². The molecule has 1 aliphatic rings. The van der Waals surface area contributed by atoms with Crippen molar-refractivity contribution in [2.24, 2.45) is 0 Å². The number of benzene rings is 1. The third-order valence-electron chi connectivity index (χ3n) is 4.02. The minimum absolute atomic E-state index is 0.274. The molecule has 0 amide bonds. The molecular weight excluding hydrogens is 320 g/mol. The van der Waals surface area contributed by atoms with E-state index in [0.717, 1.165) is 24.1 Å². The molecule has 7 heteroatoms. The van der Waals surface area contributed by atoms with E-state index in [1.807, 2.05) is 10.6 Å². The molecular formula is C16H13F2N3OS. The fourth-order valence-corrected chi connectivity index (χ4v) is 3.25. The maximum absolute atomic E-state index is 13.6. The average molecular weight is 333 g/mol. The second-order valence-corrected chi connectivity index (χ2v) is 7.02. The summed E-state index contributed by atoms with van der Waals surface area (Å²) in [6, 6.07) is 6.25. The smallest absolute Gasteiger partial charge is 0.160 e.